The number of rotatable bonds is 2. The third-order valence-electron chi connectivity index (χ3n) is 3.72. The molecule has 4 nitrogen and oxygen atoms in total. The molecule has 2 N–H and O–H groups in total. The minimum atomic E-state index is 0.442. The first-order valence-electron chi connectivity index (χ1n) is 5.79. The zero-order chi connectivity index (χ0) is 11.0. The Hall–Kier alpha value is -0.870. The largest absolute Gasteiger partial charge is 0.366 e. The number of hydrogen-bond donors (Lipinski definition) is 2. The van der Waals surface area contributed by atoms with Crippen LogP contribution < -0.4 is 10.6 Å². The van der Waals surface area contributed by atoms with Gasteiger partial charge in [0.25, 0.3) is 0 Å². The highest BCUT2D eigenvalue weighted by Crippen LogP contribution is 2.35. The van der Waals surface area contributed by atoms with E-state index < -0.39 is 0 Å². The number of halogens is 1. The fourth-order valence-electron chi connectivity index (χ4n) is 2.91. The smallest absolute Gasteiger partial charge is 0.151 e. The van der Waals surface area contributed by atoms with Crippen LogP contribution in [0.3, 0.4) is 0 Å². The molecule has 3 atom stereocenters. The van der Waals surface area contributed by atoms with Crippen molar-refractivity contribution < 1.29 is 0 Å². The van der Waals surface area contributed by atoms with Gasteiger partial charge in [-0.05, 0) is 43.4 Å². The Morgan fingerprint density at radius 3 is 3.00 bits per heavy atom. The summed E-state index contributed by atoms with van der Waals surface area (Å²) >= 11 is 5.71. The van der Waals surface area contributed by atoms with Crippen LogP contribution in [0.15, 0.2) is 12.1 Å². The molecule has 0 bridgehead atoms. The van der Waals surface area contributed by atoms with Crippen LogP contribution in [0.25, 0.3) is 0 Å². The van der Waals surface area contributed by atoms with Gasteiger partial charge >= 0.3 is 0 Å². The van der Waals surface area contributed by atoms with Gasteiger partial charge in [0.2, 0.25) is 0 Å². The van der Waals surface area contributed by atoms with Gasteiger partial charge in [0, 0.05) is 12.6 Å². The van der Waals surface area contributed by atoms with Crippen LogP contribution in [-0.2, 0) is 0 Å². The average Bonchev–Trinajstić information content (AvgIpc) is 2.86. The molecule has 2 aliphatic rings. The molecule has 1 aliphatic carbocycles. The van der Waals surface area contributed by atoms with Crippen LogP contribution in [0.1, 0.15) is 12.8 Å². The number of aromatic nitrogens is 2. The Bertz CT molecular complexity index is 367. The second kappa shape index (κ2) is 4.18. The van der Waals surface area contributed by atoms with Gasteiger partial charge < -0.3 is 10.6 Å². The monoisotopic (exact) mass is 238 g/mol. The standard InChI is InChI=1S/C11H15ClN4/c12-10-3-4-11(16-15-10)14-9-2-1-7-5-13-6-8(7)9/h3-4,7-9,13H,1-2,5-6H2,(H,14,16)/t7-,8+,9+/m0/s1. The molecule has 16 heavy (non-hydrogen) atoms. The highest BCUT2D eigenvalue weighted by Gasteiger charge is 2.39. The lowest BCUT2D eigenvalue weighted by molar-refractivity contribution is 0.468. The van der Waals surface area contributed by atoms with Gasteiger partial charge in [-0.15, -0.1) is 10.2 Å². The Morgan fingerprint density at radius 1 is 1.25 bits per heavy atom. The van der Waals surface area contributed by atoms with Crippen molar-refractivity contribution in [2.45, 2.75) is 18.9 Å². The van der Waals surface area contributed by atoms with Crippen LogP contribution in [0, 0.1) is 11.8 Å². The molecule has 5 heteroatoms. The Labute approximate surface area is 99.8 Å². The quantitative estimate of drug-likeness (QED) is 0.821. The summed E-state index contributed by atoms with van der Waals surface area (Å²) in [4.78, 5) is 0. The Kier molecular flexibility index (Phi) is 2.69. The molecular formula is C11H15ClN4. The zero-order valence-electron chi connectivity index (χ0n) is 8.99. The van der Waals surface area contributed by atoms with E-state index in [4.69, 9.17) is 11.6 Å². The van der Waals surface area contributed by atoms with Crippen LogP contribution in [0.2, 0.25) is 5.15 Å². The SMILES string of the molecule is Clc1ccc(N[C@@H]2CC[C@H]3CNC[C@H]32)nn1. The molecular weight excluding hydrogens is 224 g/mol. The van der Waals surface area contributed by atoms with E-state index >= 15 is 0 Å². The maximum atomic E-state index is 5.71. The summed E-state index contributed by atoms with van der Waals surface area (Å²) in [7, 11) is 0. The molecule has 0 spiro atoms. The fourth-order valence-corrected chi connectivity index (χ4v) is 3.01. The number of fused-ring (bicyclic) bond motifs is 1. The van der Waals surface area contributed by atoms with Gasteiger partial charge in [-0.2, -0.15) is 0 Å². The molecule has 1 saturated carbocycles. The van der Waals surface area contributed by atoms with Gasteiger partial charge in [0.05, 0.1) is 0 Å². The second-order valence-electron chi connectivity index (χ2n) is 4.65. The third-order valence-corrected chi connectivity index (χ3v) is 3.92. The molecule has 86 valence electrons. The predicted molar refractivity (Wildman–Crippen MR) is 63.5 cm³/mol. The van der Waals surface area contributed by atoms with E-state index in [2.05, 4.69) is 20.8 Å². The lowest BCUT2D eigenvalue weighted by Crippen LogP contribution is -2.28. The molecule has 1 saturated heterocycles. The van der Waals surface area contributed by atoms with Gasteiger partial charge in [0.15, 0.2) is 5.15 Å². The molecule has 0 radical (unpaired) electrons. The molecule has 0 aromatic carbocycles. The predicted octanol–water partition coefficient (Wildman–Crippen LogP) is 1.54. The van der Waals surface area contributed by atoms with E-state index in [0.717, 1.165) is 24.2 Å². The number of nitrogens with zero attached hydrogens (tertiary/aromatic N) is 2. The summed E-state index contributed by atoms with van der Waals surface area (Å²) < 4.78 is 0. The summed E-state index contributed by atoms with van der Waals surface area (Å²) in [5.74, 6) is 2.43. The maximum Gasteiger partial charge on any atom is 0.151 e. The first-order valence-corrected chi connectivity index (χ1v) is 6.17. The van der Waals surface area contributed by atoms with Crippen molar-refractivity contribution in [3.8, 4) is 0 Å². The van der Waals surface area contributed by atoms with Crippen LogP contribution in [-0.4, -0.2) is 29.3 Å². The number of anilines is 1. The van der Waals surface area contributed by atoms with Gasteiger partial charge in [0.1, 0.15) is 5.82 Å². The Morgan fingerprint density at radius 2 is 2.19 bits per heavy atom. The topological polar surface area (TPSA) is 49.8 Å². The van der Waals surface area contributed by atoms with Crippen molar-refractivity contribution in [1.29, 1.82) is 0 Å². The first kappa shape index (κ1) is 10.3. The summed E-state index contributed by atoms with van der Waals surface area (Å²) in [6.07, 6.45) is 2.55. The lowest BCUT2D eigenvalue weighted by atomic mass is 9.98. The summed E-state index contributed by atoms with van der Waals surface area (Å²) in [5.41, 5.74) is 0. The highest BCUT2D eigenvalue weighted by atomic mass is 35.5. The van der Waals surface area contributed by atoms with E-state index in [1.807, 2.05) is 6.07 Å². The van der Waals surface area contributed by atoms with Crippen molar-refractivity contribution in [2.24, 2.45) is 11.8 Å². The molecule has 2 heterocycles. The molecule has 1 aromatic rings. The van der Waals surface area contributed by atoms with E-state index in [-0.39, 0.29) is 0 Å². The van der Waals surface area contributed by atoms with Gasteiger partial charge in [-0.1, -0.05) is 11.6 Å². The molecule has 3 rings (SSSR count). The molecule has 1 aromatic heterocycles. The highest BCUT2D eigenvalue weighted by molar-refractivity contribution is 6.29. The molecule has 0 amide bonds. The van der Waals surface area contributed by atoms with E-state index in [0.29, 0.717) is 11.2 Å². The third kappa shape index (κ3) is 1.87. The number of nitrogens with one attached hydrogen (secondary N) is 2. The van der Waals surface area contributed by atoms with Gasteiger partial charge in [-0.25, -0.2) is 0 Å². The van der Waals surface area contributed by atoms with E-state index in [1.165, 1.54) is 19.4 Å². The van der Waals surface area contributed by atoms with E-state index in [9.17, 15) is 0 Å². The van der Waals surface area contributed by atoms with Crippen molar-refractivity contribution in [1.82, 2.24) is 15.5 Å². The fraction of sp³-hybridized carbons (Fsp3) is 0.636. The summed E-state index contributed by atoms with van der Waals surface area (Å²) in [6.45, 7) is 2.30. The van der Waals surface area contributed by atoms with E-state index in [1.54, 1.807) is 6.07 Å². The summed E-state index contributed by atoms with van der Waals surface area (Å²) in [5, 5.41) is 15.2. The zero-order valence-corrected chi connectivity index (χ0v) is 9.74. The normalized spacial score (nSPS) is 32.7. The lowest BCUT2D eigenvalue weighted by Gasteiger charge is -2.19. The Balaban J connectivity index is 1.68. The molecule has 1 aliphatic heterocycles. The van der Waals surface area contributed by atoms with Crippen LogP contribution in [0.5, 0.6) is 0 Å². The van der Waals surface area contributed by atoms with Gasteiger partial charge in [-0.3, -0.25) is 0 Å². The average molecular weight is 239 g/mol. The number of hydrogen-bond acceptors (Lipinski definition) is 4. The van der Waals surface area contributed by atoms with Crippen LogP contribution in [0.4, 0.5) is 5.82 Å². The maximum absolute atomic E-state index is 5.71. The molecule has 2 fully saturated rings. The minimum Gasteiger partial charge on any atom is -0.366 e. The van der Waals surface area contributed by atoms with Crippen molar-refractivity contribution in [3.63, 3.8) is 0 Å². The van der Waals surface area contributed by atoms with Crippen molar-refractivity contribution >= 4 is 17.4 Å². The summed E-state index contributed by atoms with van der Waals surface area (Å²) in [6, 6.07) is 4.21. The minimum absolute atomic E-state index is 0.442. The molecule has 0 unspecified atom stereocenters. The second-order valence-corrected chi connectivity index (χ2v) is 5.04. The first-order chi connectivity index (χ1) is 7.83. The van der Waals surface area contributed by atoms with Crippen molar-refractivity contribution in [3.05, 3.63) is 17.3 Å². The van der Waals surface area contributed by atoms with Crippen LogP contribution >= 0.6 is 11.6 Å². The van der Waals surface area contributed by atoms with Crippen molar-refractivity contribution in [2.75, 3.05) is 18.4 Å².